The summed E-state index contributed by atoms with van der Waals surface area (Å²) in [4.78, 5) is 23.5. The van der Waals surface area contributed by atoms with E-state index in [2.05, 4.69) is 15.9 Å². The normalized spacial score (nSPS) is 10.6. The zero-order valence-corrected chi connectivity index (χ0v) is 12.5. The molecule has 7 nitrogen and oxygen atoms in total. The predicted octanol–water partition coefficient (Wildman–Crippen LogP) is -0.0641. The minimum Gasteiger partial charge on any atom is -0.503 e. The molecule has 0 saturated carbocycles. The largest absolute Gasteiger partial charge is 0.503 e. The fourth-order valence-electron chi connectivity index (χ4n) is 1.74. The summed E-state index contributed by atoms with van der Waals surface area (Å²) in [6.45, 7) is 0.0780. The van der Waals surface area contributed by atoms with Crippen molar-refractivity contribution < 1.29 is 19.4 Å². The number of phenolic OH excluding ortho intramolecular Hbond substituents is 1. The number of hydrogen-bond donors (Lipinski definition) is 3. The molecule has 0 atom stereocenters. The summed E-state index contributed by atoms with van der Waals surface area (Å²) < 4.78 is 5.48. The number of nitrogens with zero attached hydrogens (tertiary/aromatic N) is 1. The Morgan fingerprint density at radius 1 is 1.30 bits per heavy atom. The highest BCUT2D eigenvalue weighted by molar-refractivity contribution is 9.10. The van der Waals surface area contributed by atoms with Crippen molar-refractivity contribution in [1.29, 1.82) is 0 Å². The lowest BCUT2D eigenvalue weighted by Gasteiger charge is -2.19. The number of nitrogens with two attached hydrogens (primary N) is 2. The fourth-order valence-corrected chi connectivity index (χ4v) is 2.23. The number of ether oxygens (including phenoxy) is 1. The van der Waals surface area contributed by atoms with Crippen molar-refractivity contribution >= 4 is 27.7 Å². The zero-order valence-electron chi connectivity index (χ0n) is 10.9. The first kappa shape index (κ1) is 16.3. The molecule has 0 aliphatic heterocycles. The van der Waals surface area contributed by atoms with E-state index in [0.717, 1.165) is 5.56 Å². The van der Waals surface area contributed by atoms with Gasteiger partial charge in [-0.05, 0) is 33.6 Å². The van der Waals surface area contributed by atoms with Crippen LogP contribution in [0.15, 0.2) is 16.6 Å². The third kappa shape index (κ3) is 4.71. The van der Waals surface area contributed by atoms with E-state index in [0.29, 0.717) is 4.47 Å². The molecule has 0 fully saturated rings. The van der Waals surface area contributed by atoms with E-state index in [4.69, 9.17) is 16.2 Å². The number of carbonyl (C=O) groups excluding carboxylic acids is 2. The topological polar surface area (TPSA) is 119 Å². The Bertz CT molecular complexity index is 506. The molecule has 0 aromatic heterocycles. The second kappa shape index (κ2) is 7.11. The van der Waals surface area contributed by atoms with Crippen molar-refractivity contribution in [2.45, 2.75) is 6.54 Å². The third-order valence-corrected chi connectivity index (χ3v) is 3.08. The highest BCUT2D eigenvalue weighted by Crippen LogP contribution is 2.35. The van der Waals surface area contributed by atoms with Gasteiger partial charge < -0.3 is 21.3 Å². The molecule has 0 spiro atoms. The summed E-state index contributed by atoms with van der Waals surface area (Å²) in [5.41, 5.74) is 11.0. The number of phenols is 1. The minimum absolute atomic E-state index is 0.0207. The summed E-state index contributed by atoms with van der Waals surface area (Å²) in [6, 6.07) is 3.27. The standard InChI is InChI=1S/C12H16BrN3O4/c1-20-9-3-7(2-8(13)12(9)19)4-16(5-10(14)17)6-11(15)18/h2-3,19H,4-6H2,1H3,(H2,14,17)(H2,15,18). The van der Waals surface area contributed by atoms with Gasteiger partial charge in [-0.25, -0.2) is 0 Å². The van der Waals surface area contributed by atoms with Crippen molar-refractivity contribution in [3.05, 3.63) is 22.2 Å². The fraction of sp³-hybridized carbons (Fsp3) is 0.333. The molecule has 0 saturated heterocycles. The van der Waals surface area contributed by atoms with E-state index in [-0.39, 0.29) is 31.1 Å². The van der Waals surface area contributed by atoms with Crippen LogP contribution in [0.2, 0.25) is 0 Å². The smallest absolute Gasteiger partial charge is 0.231 e. The van der Waals surface area contributed by atoms with E-state index in [1.54, 1.807) is 12.1 Å². The van der Waals surface area contributed by atoms with Gasteiger partial charge in [-0.2, -0.15) is 0 Å². The molecular formula is C12H16BrN3O4. The summed E-state index contributed by atoms with van der Waals surface area (Å²) in [5, 5.41) is 9.71. The Labute approximate surface area is 124 Å². The van der Waals surface area contributed by atoms with E-state index < -0.39 is 11.8 Å². The number of aromatic hydroxyl groups is 1. The van der Waals surface area contributed by atoms with Crippen molar-refractivity contribution in [3.63, 3.8) is 0 Å². The molecule has 0 bridgehead atoms. The number of rotatable bonds is 7. The summed E-state index contributed by atoms with van der Waals surface area (Å²) >= 11 is 3.20. The van der Waals surface area contributed by atoms with Crippen molar-refractivity contribution in [3.8, 4) is 11.5 Å². The molecule has 1 aromatic carbocycles. The van der Waals surface area contributed by atoms with Crippen LogP contribution >= 0.6 is 15.9 Å². The van der Waals surface area contributed by atoms with Gasteiger partial charge in [-0.1, -0.05) is 0 Å². The molecule has 8 heteroatoms. The highest BCUT2D eigenvalue weighted by atomic mass is 79.9. The number of amides is 2. The Morgan fingerprint density at radius 3 is 2.30 bits per heavy atom. The van der Waals surface area contributed by atoms with Crippen LogP contribution in [0.4, 0.5) is 0 Å². The molecule has 0 radical (unpaired) electrons. The van der Waals surface area contributed by atoms with Gasteiger partial charge in [0.1, 0.15) is 0 Å². The molecule has 5 N–H and O–H groups in total. The second-order valence-electron chi connectivity index (χ2n) is 4.21. The second-order valence-corrected chi connectivity index (χ2v) is 5.06. The minimum atomic E-state index is -0.559. The maximum Gasteiger partial charge on any atom is 0.231 e. The van der Waals surface area contributed by atoms with E-state index in [1.165, 1.54) is 12.0 Å². The maximum atomic E-state index is 11.0. The Kier molecular flexibility index (Phi) is 5.78. The Balaban J connectivity index is 2.95. The number of benzene rings is 1. The Morgan fingerprint density at radius 2 is 1.85 bits per heavy atom. The number of primary amides is 2. The number of hydrogen-bond acceptors (Lipinski definition) is 5. The monoisotopic (exact) mass is 345 g/mol. The molecule has 0 heterocycles. The van der Waals surface area contributed by atoms with Crippen LogP contribution < -0.4 is 16.2 Å². The van der Waals surface area contributed by atoms with Crippen molar-refractivity contribution in [1.82, 2.24) is 4.90 Å². The number of methoxy groups -OCH3 is 1. The van der Waals surface area contributed by atoms with Gasteiger partial charge in [0, 0.05) is 6.54 Å². The van der Waals surface area contributed by atoms with Gasteiger partial charge in [-0.3, -0.25) is 14.5 Å². The lowest BCUT2D eigenvalue weighted by molar-refractivity contribution is -0.122. The molecule has 110 valence electrons. The van der Waals surface area contributed by atoms with Gasteiger partial charge in [0.2, 0.25) is 11.8 Å². The quantitative estimate of drug-likeness (QED) is 0.639. The molecule has 0 aliphatic rings. The van der Waals surface area contributed by atoms with Gasteiger partial charge in [0.15, 0.2) is 11.5 Å². The molecule has 0 aliphatic carbocycles. The van der Waals surface area contributed by atoms with Crippen LogP contribution in [0.1, 0.15) is 5.56 Å². The molecule has 0 unspecified atom stereocenters. The molecule has 1 rings (SSSR count). The van der Waals surface area contributed by atoms with Crippen LogP contribution in [0, 0.1) is 0 Å². The SMILES string of the molecule is COc1cc(CN(CC(N)=O)CC(N)=O)cc(Br)c1O. The molecule has 20 heavy (non-hydrogen) atoms. The average Bonchev–Trinajstić information content (AvgIpc) is 2.31. The zero-order chi connectivity index (χ0) is 15.3. The van der Waals surface area contributed by atoms with E-state index in [1.807, 2.05) is 0 Å². The molecular weight excluding hydrogens is 330 g/mol. The van der Waals surface area contributed by atoms with E-state index in [9.17, 15) is 14.7 Å². The van der Waals surface area contributed by atoms with Gasteiger partial charge in [0.25, 0.3) is 0 Å². The summed E-state index contributed by atoms with van der Waals surface area (Å²) in [7, 11) is 1.43. The lowest BCUT2D eigenvalue weighted by atomic mass is 10.2. The van der Waals surface area contributed by atoms with Crippen molar-refractivity contribution in [2.75, 3.05) is 20.2 Å². The van der Waals surface area contributed by atoms with Crippen LogP contribution in [0.5, 0.6) is 11.5 Å². The number of halogens is 1. The number of carbonyl (C=O) groups is 2. The average molecular weight is 346 g/mol. The van der Waals surface area contributed by atoms with Crippen LogP contribution in [0.25, 0.3) is 0 Å². The van der Waals surface area contributed by atoms with Gasteiger partial charge in [-0.15, -0.1) is 0 Å². The first-order chi connectivity index (χ1) is 9.33. The lowest BCUT2D eigenvalue weighted by Crippen LogP contribution is -2.39. The Hall–Kier alpha value is -1.80. The van der Waals surface area contributed by atoms with Crippen molar-refractivity contribution in [2.24, 2.45) is 11.5 Å². The van der Waals surface area contributed by atoms with Crippen LogP contribution in [-0.4, -0.2) is 42.0 Å². The first-order valence-electron chi connectivity index (χ1n) is 5.67. The maximum absolute atomic E-state index is 11.0. The summed E-state index contributed by atoms with van der Waals surface area (Å²) in [6.07, 6.45) is 0. The van der Waals surface area contributed by atoms with Gasteiger partial charge >= 0.3 is 0 Å². The molecule has 2 amide bonds. The summed E-state index contributed by atoms with van der Waals surface area (Å²) in [5.74, 6) is -0.854. The molecule has 1 aromatic rings. The van der Waals surface area contributed by atoms with E-state index >= 15 is 0 Å². The van der Waals surface area contributed by atoms with Crippen LogP contribution in [-0.2, 0) is 16.1 Å². The third-order valence-electron chi connectivity index (χ3n) is 2.47. The van der Waals surface area contributed by atoms with Gasteiger partial charge in [0.05, 0.1) is 24.7 Å². The predicted molar refractivity (Wildman–Crippen MR) is 76.0 cm³/mol. The van der Waals surface area contributed by atoms with Crippen LogP contribution in [0.3, 0.4) is 0 Å². The first-order valence-corrected chi connectivity index (χ1v) is 6.47. The highest BCUT2D eigenvalue weighted by Gasteiger charge is 2.15.